The summed E-state index contributed by atoms with van der Waals surface area (Å²) >= 11 is 0. The Morgan fingerprint density at radius 2 is 1.90 bits per heavy atom. The maximum atomic E-state index is 11.2. The Labute approximate surface area is 116 Å². The lowest BCUT2D eigenvalue weighted by atomic mass is 10.1. The van der Waals surface area contributed by atoms with Crippen molar-refractivity contribution >= 4 is 11.9 Å². The van der Waals surface area contributed by atoms with Gasteiger partial charge in [-0.2, -0.15) is 0 Å². The first-order chi connectivity index (χ1) is 9.47. The van der Waals surface area contributed by atoms with Crippen LogP contribution >= 0.6 is 0 Å². The SMILES string of the molecule is Cc1ccc(OCc2nc(N)nc(C)c2C(=O)O)cc1. The lowest BCUT2D eigenvalue weighted by molar-refractivity contribution is 0.0691. The molecule has 0 bridgehead atoms. The van der Waals surface area contributed by atoms with E-state index in [1.807, 2.05) is 31.2 Å². The van der Waals surface area contributed by atoms with E-state index in [0.717, 1.165) is 5.56 Å². The van der Waals surface area contributed by atoms with E-state index in [1.54, 1.807) is 6.92 Å². The number of nitrogens with zero attached hydrogens (tertiary/aromatic N) is 2. The summed E-state index contributed by atoms with van der Waals surface area (Å²) in [6.07, 6.45) is 0. The number of aromatic carboxylic acids is 1. The summed E-state index contributed by atoms with van der Waals surface area (Å²) < 4.78 is 5.54. The zero-order chi connectivity index (χ0) is 14.7. The molecule has 0 aliphatic rings. The fraction of sp³-hybridized carbons (Fsp3) is 0.214. The smallest absolute Gasteiger partial charge is 0.339 e. The van der Waals surface area contributed by atoms with E-state index in [4.69, 9.17) is 10.5 Å². The van der Waals surface area contributed by atoms with E-state index < -0.39 is 5.97 Å². The van der Waals surface area contributed by atoms with Gasteiger partial charge in [-0.3, -0.25) is 0 Å². The third kappa shape index (κ3) is 3.03. The molecule has 0 saturated heterocycles. The molecule has 1 heterocycles. The Kier molecular flexibility index (Phi) is 3.84. The molecule has 6 nitrogen and oxygen atoms in total. The highest BCUT2D eigenvalue weighted by atomic mass is 16.5. The van der Waals surface area contributed by atoms with Gasteiger partial charge in [0.05, 0.1) is 11.4 Å². The van der Waals surface area contributed by atoms with E-state index >= 15 is 0 Å². The predicted molar refractivity (Wildman–Crippen MR) is 73.7 cm³/mol. The number of hydrogen-bond acceptors (Lipinski definition) is 5. The van der Waals surface area contributed by atoms with Crippen LogP contribution in [0.2, 0.25) is 0 Å². The summed E-state index contributed by atoms with van der Waals surface area (Å²) in [7, 11) is 0. The monoisotopic (exact) mass is 273 g/mol. The number of rotatable bonds is 4. The standard InChI is InChI=1S/C14H15N3O3/c1-8-3-5-10(6-4-8)20-7-11-12(13(18)19)9(2)16-14(15)17-11/h3-6H,7H2,1-2H3,(H,18,19)(H2,15,16,17). The zero-order valence-corrected chi connectivity index (χ0v) is 11.3. The number of aryl methyl sites for hydroxylation is 2. The van der Waals surface area contributed by atoms with Gasteiger partial charge in [-0.25, -0.2) is 14.8 Å². The van der Waals surface area contributed by atoms with Crippen molar-refractivity contribution < 1.29 is 14.6 Å². The van der Waals surface area contributed by atoms with Gasteiger partial charge in [0.25, 0.3) is 0 Å². The molecule has 0 amide bonds. The lowest BCUT2D eigenvalue weighted by Gasteiger charge is -2.10. The highest BCUT2D eigenvalue weighted by Crippen LogP contribution is 2.17. The lowest BCUT2D eigenvalue weighted by Crippen LogP contribution is -2.14. The summed E-state index contributed by atoms with van der Waals surface area (Å²) in [5.74, 6) is -0.415. The first kappa shape index (κ1) is 13.8. The Morgan fingerprint density at radius 1 is 1.25 bits per heavy atom. The number of carboxylic acids is 1. The largest absolute Gasteiger partial charge is 0.487 e. The van der Waals surface area contributed by atoms with Crippen LogP contribution in [-0.2, 0) is 6.61 Å². The van der Waals surface area contributed by atoms with Crippen molar-refractivity contribution in [2.24, 2.45) is 0 Å². The van der Waals surface area contributed by atoms with Gasteiger partial charge in [0.1, 0.15) is 17.9 Å². The van der Waals surface area contributed by atoms with Gasteiger partial charge in [-0.05, 0) is 26.0 Å². The highest BCUT2D eigenvalue weighted by molar-refractivity contribution is 5.90. The Bertz CT molecular complexity index is 639. The van der Waals surface area contributed by atoms with Crippen LogP contribution in [0.25, 0.3) is 0 Å². The van der Waals surface area contributed by atoms with Crippen LogP contribution in [0.5, 0.6) is 5.75 Å². The van der Waals surface area contributed by atoms with Crippen molar-refractivity contribution in [1.29, 1.82) is 0 Å². The number of nitrogen functional groups attached to an aromatic ring is 1. The molecule has 3 N–H and O–H groups in total. The van der Waals surface area contributed by atoms with Crippen LogP contribution in [0.15, 0.2) is 24.3 Å². The van der Waals surface area contributed by atoms with Crippen LogP contribution in [0.3, 0.4) is 0 Å². The second-order valence-electron chi connectivity index (χ2n) is 4.40. The van der Waals surface area contributed by atoms with E-state index in [0.29, 0.717) is 11.4 Å². The van der Waals surface area contributed by atoms with E-state index in [2.05, 4.69) is 9.97 Å². The molecule has 6 heteroatoms. The molecule has 0 radical (unpaired) electrons. The highest BCUT2D eigenvalue weighted by Gasteiger charge is 2.17. The van der Waals surface area contributed by atoms with Gasteiger partial charge in [-0.15, -0.1) is 0 Å². The average molecular weight is 273 g/mol. The Morgan fingerprint density at radius 3 is 2.50 bits per heavy atom. The van der Waals surface area contributed by atoms with E-state index in [1.165, 1.54) is 0 Å². The summed E-state index contributed by atoms with van der Waals surface area (Å²) in [6, 6.07) is 7.44. The number of aromatic nitrogens is 2. The number of carbonyl (C=O) groups is 1. The molecule has 0 spiro atoms. The van der Waals surface area contributed by atoms with Crippen molar-refractivity contribution in [3.8, 4) is 5.75 Å². The topological polar surface area (TPSA) is 98.3 Å². The summed E-state index contributed by atoms with van der Waals surface area (Å²) in [6.45, 7) is 3.58. The quantitative estimate of drug-likeness (QED) is 0.883. The fourth-order valence-electron chi connectivity index (χ4n) is 1.82. The number of carboxylic acid groups (broad SMARTS) is 1. The number of hydrogen-bond donors (Lipinski definition) is 2. The molecule has 2 aromatic rings. The minimum absolute atomic E-state index is 0.0260. The van der Waals surface area contributed by atoms with Gasteiger partial charge in [0.15, 0.2) is 0 Å². The van der Waals surface area contributed by atoms with Crippen LogP contribution in [0, 0.1) is 13.8 Å². The average Bonchev–Trinajstić information content (AvgIpc) is 2.36. The number of nitrogens with two attached hydrogens (primary N) is 1. The molecule has 1 aromatic carbocycles. The molecule has 0 aliphatic carbocycles. The van der Waals surface area contributed by atoms with Crippen LogP contribution in [0.1, 0.15) is 27.3 Å². The zero-order valence-electron chi connectivity index (χ0n) is 11.3. The molecule has 0 saturated carbocycles. The second kappa shape index (κ2) is 5.56. The normalized spacial score (nSPS) is 10.3. The molecule has 1 aromatic heterocycles. The molecule has 0 fully saturated rings. The maximum absolute atomic E-state index is 11.2. The number of anilines is 1. The first-order valence-electron chi connectivity index (χ1n) is 6.03. The van der Waals surface area contributed by atoms with Crippen molar-refractivity contribution in [3.63, 3.8) is 0 Å². The molecule has 20 heavy (non-hydrogen) atoms. The van der Waals surface area contributed by atoms with Gasteiger partial charge >= 0.3 is 5.97 Å². The fourth-order valence-corrected chi connectivity index (χ4v) is 1.82. The minimum atomic E-state index is -1.09. The van der Waals surface area contributed by atoms with Gasteiger partial charge in [0, 0.05) is 0 Å². The van der Waals surface area contributed by atoms with Crippen LogP contribution in [0.4, 0.5) is 5.95 Å². The van der Waals surface area contributed by atoms with Crippen molar-refractivity contribution in [3.05, 3.63) is 46.8 Å². The maximum Gasteiger partial charge on any atom is 0.339 e. The third-order valence-electron chi connectivity index (χ3n) is 2.79. The Balaban J connectivity index is 2.24. The molecule has 0 aliphatic heterocycles. The van der Waals surface area contributed by atoms with E-state index in [-0.39, 0.29) is 23.8 Å². The Hall–Kier alpha value is -2.63. The summed E-state index contributed by atoms with van der Waals surface area (Å²) in [5.41, 5.74) is 7.29. The molecule has 0 atom stereocenters. The molecular weight excluding hydrogens is 258 g/mol. The number of benzene rings is 1. The van der Waals surface area contributed by atoms with E-state index in [9.17, 15) is 9.90 Å². The van der Waals surface area contributed by atoms with Crippen molar-refractivity contribution in [2.45, 2.75) is 20.5 Å². The van der Waals surface area contributed by atoms with Gasteiger partial charge < -0.3 is 15.6 Å². The second-order valence-corrected chi connectivity index (χ2v) is 4.40. The summed E-state index contributed by atoms with van der Waals surface area (Å²) in [5, 5.41) is 9.19. The third-order valence-corrected chi connectivity index (χ3v) is 2.79. The van der Waals surface area contributed by atoms with Gasteiger partial charge in [-0.1, -0.05) is 17.7 Å². The minimum Gasteiger partial charge on any atom is -0.487 e. The van der Waals surface area contributed by atoms with Gasteiger partial charge in [0.2, 0.25) is 5.95 Å². The summed E-state index contributed by atoms with van der Waals surface area (Å²) in [4.78, 5) is 19.0. The van der Waals surface area contributed by atoms with Crippen LogP contribution < -0.4 is 10.5 Å². The van der Waals surface area contributed by atoms with Crippen molar-refractivity contribution in [1.82, 2.24) is 9.97 Å². The first-order valence-corrected chi connectivity index (χ1v) is 6.03. The van der Waals surface area contributed by atoms with Crippen LogP contribution in [-0.4, -0.2) is 21.0 Å². The number of ether oxygens (including phenoxy) is 1. The molecule has 2 rings (SSSR count). The molecule has 104 valence electrons. The molecule has 0 unspecified atom stereocenters. The molecular formula is C14H15N3O3. The van der Waals surface area contributed by atoms with Crippen molar-refractivity contribution in [2.75, 3.05) is 5.73 Å². The predicted octanol–water partition coefficient (Wildman–Crippen LogP) is 1.95.